The maximum atomic E-state index is 12.4. The zero-order valence-electron chi connectivity index (χ0n) is 12.1. The second-order valence-electron chi connectivity index (χ2n) is 5.38. The van der Waals surface area contributed by atoms with Crippen molar-refractivity contribution >= 4 is 28.2 Å². The van der Waals surface area contributed by atoms with Crippen molar-refractivity contribution in [3.05, 3.63) is 35.0 Å². The highest BCUT2D eigenvalue weighted by Gasteiger charge is 2.33. The second-order valence-corrected chi connectivity index (χ2v) is 5.81. The van der Waals surface area contributed by atoms with Crippen molar-refractivity contribution in [1.29, 1.82) is 0 Å². The summed E-state index contributed by atoms with van der Waals surface area (Å²) in [5.74, 6) is 0. The van der Waals surface area contributed by atoms with Gasteiger partial charge in [-0.1, -0.05) is 50.1 Å². The maximum Gasteiger partial charge on any atom is 0.433 e. The number of nitrogen functional groups attached to an aromatic ring is 1. The molecule has 1 aliphatic rings. The van der Waals surface area contributed by atoms with Crippen molar-refractivity contribution in [1.82, 2.24) is 4.98 Å². The number of pyridine rings is 1. The predicted octanol–water partition coefficient (Wildman–Crippen LogP) is 5.83. The molecule has 0 atom stereocenters. The Morgan fingerprint density at radius 1 is 0.955 bits per heavy atom. The van der Waals surface area contributed by atoms with Gasteiger partial charge in [-0.3, -0.25) is 0 Å². The summed E-state index contributed by atoms with van der Waals surface area (Å²) in [7, 11) is 0. The SMILES string of the molecule is C1CCCCC1.Nc1cc(C(F)(F)F)nc2ccc(Cl)cc12. The Labute approximate surface area is 132 Å². The van der Waals surface area contributed by atoms with E-state index in [4.69, 9.17) is 17.3 Å². The molecule has 2 aromatic rings. The molecule has 1 aliphatic carbocycles. The van der Waals surface area contributed by atoms with Crippen molar-refractivity contribution in [3.63, 3.8) is 0 Å². The number of benzene rings is 1. The molecule has 1 aromatic heterocycles. The molecule has 2 nitrogen and oxygen atoms in total. The lowest BCUT2D eigenvalue weighted by Gasteiger charge is -2.09. The van der Waals surface area contributed by atoms with Gasteiger partial charge in [-0.15, -0.1) is 0 Å². The number of hydrogen-bond donors (Lipinski definition) is 1. The molecule has 1 heterocycles. The van der Waals surface area contributed by atoms with E-state index in [2.05, 4.69) is 4.98 Å². The molecule has 3 rings (SSSR count). The number of aromatic nitrogens is 1. The van der Waals surface area contributed by atoms with E-state index in [-0.39, 0.29) is 11.2 Å². The fraction of sp³-hybridized carbons (Fsp3) is 0.438. The van der Waals surface area contributed by atoms with Crippen LogP contribution in [0.4, 0.5) is 18.9 Å². The Balaban J connectivity index is 0.000000246. The van der Waals surface area contributed by atoms with Crippen LogP contribution in [0.5, 0.6) is 0 Å². The minimum atomic E-state index is -4.50. The van der Waals surface area contributed by atoms with Crippen LogP contribution in [-0.2, 0) is 6.18 Å². The molecule has 0 amide bonds. The van der Waals surface area contributed by atoms with Gasteiger partial charge in [0.2, 0.25) is 0 Å². The van der Waals surface area contributed by atoms with Crippen LogP contribution in [0.3, 0.4) is 0 Å². The zero-order valence-corrected chi connectivity index (χ0v) is 12.8. The number of hydrogen-bond acceptors (Lipinski definition) is 2. The number of nitrogens with two attached hydrogens (primary N) is 1. The average Bonchev–Trinajstić information content (AvgIpc) is 2.49. The third-order valence-corrected chi connectivity index (χ3v) is 3.83. The smallest absolute Gasteiger partial charge is 0.398 e. The van der Waals surface area contributed by atoms with Gasteiger partial charge < -0.3 is 5.73 Å². The maximum absolute atomic E-state index is 12.4. The van der Waals surface area contributed by atoms with Crippen LogP contribution in [-0.4, -0.2) is 4.98 Å². The number of rotatable bonds is 0. The molecule has 1 saturated carbocycles. The van der Waals surface area contributed by atoms with E-state index in [1.54, 1.807) is 0 Å². The second kappa shape index (κ2) is 7.18. The highest BCUT2D eigenvalue weighted by atomic mass is 35.5. The van der Waals surface area contributed by atoms with Gasteiger partial charge in [-0.25, -0.2) is 4.98 Å². The Morgan fingerprint density at radius 3 is 2.00 bits per heavy atom. The van der Waals surface area contributed by atoms with Crippen LogP contribution in [0.2, 0.25) is 5.02 Å². The van der Waals surface area contributed by atoms with Crippen LogP contribution in [0, 0.1) is 0 Å². The zero-order chi connectivity index (χ0) is 16.2. The topological polar surface area (TPSA) is 38.9 Å². The van der Waals surface area contributed by atoms with E-state index in [0.717, 1.165) is 6.07 Å². The standard InChI is InChI=1S/C10H6ClF3N2.C6H12/c11-5-1-2-8-6(3-5)7(15)4-9(16-8)10(12,13)14;1-2-4-6-5-3-1/h1-4H,(H2,15,16);1-6H2. The van der Waals surface area contributed by atoms with Crippen molar-refractivity contribution in [2.75, 3.05) is 5.73 Å². The first-order valence-corrected chi connectivity index (χ1v) is 7.69. The highest BCUT2D eigenvalue weighted by molar-refractivity contribution is 6.31. The highest BCUT2D eigenvalue weighted by Crippen LogP contribution is 2.32. The normalized spacial score (nSPS) is 15.3. The first-order chi connectivity index (χ1) is 10.4. The van der Waals surface area contributed by atoms with E-state index >= 15 is 0 Å². The summed E-state index contributed by atoms with van der Waals surface area (Å²) in [6.07, 6.45) is 4.50. The van der Waals surface area contributed by atoms with Crippen LogP contribution in [0.15, 0.2) is 24.3 Å². The van der Waals surface area contributed by atoms with Crippen LogP contribution in [0.1, 0.15) is 44.2 Å². The number of nitrogens with zero attached hydrogens (tertiary/aromatic N) is 1. The average molecular weight is 331 g/mol. The number of anilines is 1. The van der Waals surface area contributed by atoms with E-state index in [1.165, 1.54) is 56.7 Å². The minimum Gasteiger partial charge on any atom is -0.398 e. The van der Waals surface area contributed by atoms with Gasteiger partial charge >= 0.3 is 6.18 Å². The Bertz CT molecular complexity index is 626. The van der Waals surface area contributed by atoms with E-state index in [1.807, 2.05) is 0 Å². The van der Waals surface area contributed by atoms with Gasteiger partial charge in [-0.2, -0.15) is 13.2 Å². The Morgan fingerprint density at radius 2 is 1.50 bits per heavy atom. The first-order valence-electron chi connectivity index (χ1n) is 7.31. The van der Waals surface area contributed by atoms with Crippen LogP contribution >= 0.6 is 11.6 Å². The Hall–Kier alpha value is -1.49. The van der Waals surface area contributed by atoms with Gasteiger partial charge in [-0.05, 0) is 24.3 Å². The summed E-state index contributed by atoms with van der Waals surface area (Å²) in [5.41, 5.74) is 4.72. The number of alkyl halides is 3. The summed E-state index contributed by atoms with van der Waals surface area (Å²) >= 11 is 5.71. The lowest BCUT2D eigenvalue weighted by molar-refractivity contribution is -0.140. The molecule has 0 unspecified atom stereocenters. The molecule has 0 radical (unpaired) electrons. The van der Waals surface area contributed by atoms with Crippen molar-refractivity contribution < 1.29 is 13.2 Å². The fourth-order valence-corrected chi connectivity index (χ4v) is 2.60. The van der Waals surface area contributed by atoms with Crippen molar-refractivity contribution in [2.45, 2.75) is 44.7 Å². The first kappa shape index (κ1) is 16.9. The number of fused-ring (bicyclic) bond motifs is 1. The van der Waals surface area contributed by atoms with E-state index < -0.39 is 11.9 Å². The molecule has 22 heavy (non-hydrogen) atoms. The summed E-state index contributed by atoms with van der Waals surface area (Å²) in [4.78, 5) is 3.48. The van der Waals surface area contributed by atoms with E-state index in [0.29, 0.717) is 10.4 Å². The molecule has 0 aliphatic heterocycles. The van der Waals surface area contributed by atoms with Gasteiger partial charge in [0, 0.05) is 16.1 Å². The van der Waals surface area contributed by atoms with Crippen LogP contribution < -0.4 is 5.73 Å². The van der Waals surface area contributed by atoms with Crippen LogP contribution in [0.25, 0.3) is 10.9 Å². The van der Waals surface area contributed by atoms with E-state index in [9.17, 15) is 13.2 Å². The molecule has 120 valence electrons. The monoisotopic (exact) mass is 330 g/mol. The lowest BCUT2D eigenvalue weighted by atomic mass is 10.0. The summed E-state index contributed by atoms with van der Waals surface area (Å²) in [6, 6.07) is 5.16. The largest absolute Gasteiger partial charge is 0.433 e. The molecular weight excluding hydrogens is 313 g/mol. The summed E-state index contributed by atoms with van der Waals surface area (Å²) < 4.78 is 37.3. The fourth-order valence-electron chi connectivity index (χ4n) is 2.43. The van der Waals surface area contributed by atoms with Gasteiger partial charge in [0.05, 0.1) is 5.52 Å². The van der Waals surface area contributed by atoms with Gasteiger partial charge in [0.25, 0.3) is 0 Å². The summed E-state index contributed by atoms with van der Waals surface area (Å²) in [6.45, 7) is 0. The molecular formula is C16H18ClF3N2. The lowest BCUT2D eigenvalue weighted by Crippen LogP contribution is -2.09. The molecule has 1 aromatic carbocycles. The molecule has 0 saturated heterocycles. The Kier molecular flexibility index (Phi) is 5.51. The van der Waals surface area contributed by atoms with Crippen molar-refractivity contribution in [3.8, 4) is 0 Å². The molecule has 6 heteroatoms. The third kappa shape index (κ3) is 4.50. The molecule has 0 bridgehead atoms. The van der Waals surface area contributed by atoms with Gasteiger partial charge in [0.15, 0.2) is 0 Å². The third-order valence-electron chi connectivity index (χ3n) is 3.59. The predicted molar refractivity (Wildman–Crippen MR) is 83.9 cm³/mol. The molecule has 2 N–H and O–H groups in total. The quantitative estimate of drug-likeness (QED) is 0.660. The number of halogens is 4. The van der Waals surface area contributed by atoms with Crippen molar-refractivity contribution in [2.24, 2.45) is 0 Å². The molecule has 1 fully saturated rings. The summed E-state index contributed by atoms with van der Waals surface area (Å²) in [5, 5.41) is 0.821. The minimum absolute atomic E-state index is 0.0137. The van der Waals surface area contributed by atoms with Gasteiger partial charge in [0.1, 0.15) is 5.69 Å². The molecule has 0 spiro atoms.